The molecule has 0 saturated heterocycles. The Morgan fingerprint density at radius 2 is 1.74 bits per heavy atom. The second-order valence-corrected chi connectivity index (χ2v) is 7.53. The molecule has 7 heteroatoms. The van der Waals surface area contributed by atoms with Gasteiger partial charge in [0.25, 0.3) is 5.56 Å². The van der Waals surface area contributed by atoms with Crippen LogP contribution in [-0.2, 0) is 17.8 Å². The molecule has 4 aromatic rings. The fourth-order valence-corrected chi connectivity index (χ4v) is 3.61. The van der Waals surface area contributed by atoms with Crippen molar-refractivity contribution in [3.8, 4) is 5.69 Å². The number of rotatable bonds is 6. The molecular weight excluding hydrogens is 390 g/mol. The van der Waals surface area contributed by atoms with Crippen LogP contribution in [0.2, 0.25) is 0 Å². The lowest BCUT2D eigenvalue weighted by Crippen LogP contribution is -2.27. The fourth-order valence-electron chi connectivity index (χ4n) is 3.61. The van der Waals surface area contributed by atoms with Crippen LogP contribution in [0.15, 0.2) is 59.4 Å². The molecule has 0 aliphatic heterocycles. The summed E-state index contributed by atoms with van der Waals surface area (Å²) in [4.78, 5) is 30.1. The molecule has 0 saturated carbocycles. The highest BCUT2D eigenvalue weighted by molar-refractivity contribution is 5.90. The van der Waals surface area contributed by atoms with Gasteiger partial charge in [-0.05, 0) is 45.0 Å². The van der Waals surface area contributed by atoms with Gasteiger partial charge in [-0.3, -0.25) is 14.2 Å². The summed E-state index contributed by atoms with van der Waals surface area (Å²) in [6.07, 6.45) is 0.445. The summed E-state index contributed by atoms with van der Waals surface area (Å²) in [6.45, 7) is 6.32. The Balaban J connectivity index is 1.67. The van der Waals surface area contributed by atoms with E-state index in [0.717, 1.165) is 22.6 Å². The predicted octanol–water partition coefficient (Wildman–Crippen LogP) is 3.79. The molecule has 2 aromatic carbocycles. The van der Waals surface area contributed by atoms with Crippen LogP contribution in [0.5, 0.6) is 0 Å². The first-order valence-corrected chi connectivity index (χ1v) is 10.4. The number of benzene rings is 2. The third kappa shape index (κ3) is 4.12. The molecule has 0 bridgehead atoms. The van der Waals surface area contributed by atoms with Crippen molar-refractivity contribution in [3.05, 3.63) is 81.9 Å². The molecule has 0 unspecified atom stereocenters. The Morgan fingerprint density at radius 1 is 1.03 bits per heavy atom. The zero-order valence-corrected chi connectivity index (χ0v) is 17.9. The standard InChI is InChI=1S/C24H25N5O2/c1-4-28-23-22(17(3)27-29(23)19-12-10-16(2)11-13-19)26-20(24(28)31)14-15-21(30)25-18-8-6-5-7-9-18/h5-13H,4,14-15H2,1-3H3,(H,25,30). The molecule has 0 spiro atoms. The van der Waals surface area contributed by atoms with Crippen LogP contribution in [0.1, 0.15) is 30.3 Å². The third-order valence-electron chi connectivity index (χ3n) is 5.24. The summed E-state index contributed by atoms with van der Waals surface area (Å²) < 4.78 is 3.46. The molecule has 31 heavy (non-hydrogen) atoms. The normalized spacial score (nSPS) is 11.1. The maximum atomic E-state index is 13.2. The van der Waals surface area contributed by atoms with Crippen LogP contribution in [0.3, 0.4) is 0 Å². The summed E-state index contributed by atoms with van der Waals surface area (Å²) in [5.74, 6) is -0.150. The summed E-state index contributed by atoms with van der Waals surface area (Å²) in [5.41, 5.74) is 5.05. The highest BCUT2D eigenvalue weighted by Gasteiger charge is 2.19. The van der Waals surface area contributed by atoms with Crippen molar-refractivity contribution in [2.75, 3.05) is 5.32 Å². The van der Waals surface area contributed by atoms with Gasteiger partial charge >= 0.3 is 0 Å². The van der Waals surface area contributed by atoms with E-state index in [2.05, 4.69) is 15.4 Å². The van der Waals surface area contributed by atoms with Gasteiger partial charge in [0.15, 0.2) is 5.65 Å². The van der Waals surface area contributed by atoms with Crippen molar-refractivity contribution in [2.24, 2.45) is 0 Å². The van der Waals surface area contributed by atoms with Crippen molar-refractivity contribution >= 4 is 22.8 Å². The minimum absolute atomic E-state index is 0.150. The average molecular weight is 415 g/mol. The van der Waals surface area contributed by atoms with Crippen molar-refractivity contribution in [1.29, 1.82) is 0 Å². The third-order valence-corrected chi connectivity index (χ3v) is 5.24. The van der Waals surface area contributed by atoms with Crippen molar-refractivity contribution in [3.63, 3.8) is 0 Å². The van der Waals surface area contributed by atoms with Crippen LogP contribution in [-0.4, -0.2) is 25.2 Å². The number of hydrogen-bond donors (Lipinski definition) is 1. The van der Waals surface area contributed by atoms with Crippen LogP contribution < -0.4 is 10.9 Å². The Morgan fingerprint density at radius 3 is 2.42 bits per heavy atom. The lowest BCUT2D eigenvalue weighted by Gasteiger charge is -2.11. The molecule has 158 valence electrons. The van der Waals surface area contributed by atoms with Gasteiger partial charge in [-0.1, -0.05) is 35.9 Å². The highest BCUT2D eigenvalue weighted by Crippen LogP contribution is 2.20. The number of aryl methyl sites for hydroxylation is 4. The molecule has 2 aromatic heterocycles. The van der Waals surface area contributed by atoms with Gasteiger partial charge in [-0.25, -0.2) is 9.67 Å². The van der Waals surface area contributed by atoms with Gasteiger partial charge in [0.1, 0.15) is 11.2 Å². The Labute approximate surface area is 180 Å². The van der Waals surface area contributed by atoms with E-state index in [1.54, 1.807) is 9.25 Å². The topological polar surface area (TPSA) is 81.8 Å². The lowest BCUT2D eigenvalue weighted by atomic mass is 10.2. The second-order valence-electron chi connectivity index (χ2n) is 7.53. The molecule has 0 aliphatic rings. The van der Waals surface area contributed by atoms with Gasteiger partial charge in [-0.2, -0.15) is 5.10 Å². The van der Waals surface area contributed by atoms with E-state index in [4.69, 9.17) is 0 Å². The minimum Gasteiger partial charge on any atom is -0.326 e. The molecule has 0 aliphatic carbocycles. The van der Waals surface area contributed by atoms with E-state index in [0.29, 0.717) is 23.4 Å². The number of anilines is 1. The second kappa shape index (κ2) is 8.55. The zero-order valence-electron chi connectivity index (χ0n) is 17.9. The first-order chi connectivity index (χ1) is 15.0. The van der Waals surface area contributed by atoms with Gasteiger partial charge in [0.2, 0.25) is 5.91 Å². The number of nitrogens with zero attached hydrogens (tertiary/aromatic N) is 4. The largest absolute Gasteiger partial charge is 0.326 e. The van der Waals surface area contributed by atoms with Crippen LogP contribution in [0.25, 0.3) is 16.9 Å². The zero-order chi connectivity index (χ0) is 22.0. The quantitative estimate of drug-likeness (QED) is 0.519. The Bertz CT molecular complexity index is 1290. The number of hydrogen-bond acceptors (Lipinski definition) is 4. The van der Waals surface area contributed by atoms with Crippen LogP contribution >= 0.6 is 0 Å². The number of para-hydroxylation sites is 1. The van der Waals surface area contributed by atoms with E-state index in [1.165, 1.54) is 0 Å². The first kappa shape index (κ1) is 20.5. The Kier molecular flexibility index (Phi) is 5.66. The molecule has 0 atom stereocenters. The maximum absolute atomic E-state index is 13.2. The van der Waals surface area contributed by atoms with Crippen LogP contribution in [0, 0.1) is 13.8 Å². The van der Waals surface area contributed by atoms with E-state index in [1.807, 2.05) is 75.4 Å². The van der Waals surface area contributed by atoms with E-state index >= 15 is 0 Å². The predicted molar refractivity (Wildman–Crippen MR) is 122 cm³/mol. The first-order valence-electron chi connectivity index (χ1n) is 10.4. The van der Waals surface area contributed by atoms with E-state index < -0.39 is 0 Å². The number of fused-ring (bicyclic) bond motifs is 1. The van der Waals surface area contributed by atoms with Crippen molar-refractivity contribution in [1.82, 2.24) is 19.3 Å². The number of amides is 1. The van der Waals surface area contributed by atoms with Gasteiger partial charge in [-0.15, -0.1) is 0 Å². The summed E-state index contributed by atoms with van der Waals surface area (Å²) in [7, 11) is 0. The molecular formula is C24H25N5O2. The van der Waals surface area contributed by atoms with Gasteiger partial charge < -0.3 is 5.32 Å². The van der Waals surface area contributed by atoms with Gasteiger partial charge in [0, 0.05) is 25.1 Å². The molecule has 0 fully saturated rings. The van der Waals surface area contributed by atoms with Gasteiger partial charge in [0.05, 0.1) is 11.4 Å². The van der Waals surface area contributed by atoms with E-state index in [9.17, 15) is 9.59 Å². The number of carbonyl (C=O) groups excluding carboxylic acids is 1. The fraction of sp³-hybridized carbons (Fsp3) is 0.250. The molecule has 1 amide bonds. The summed E-state index contributed by atoms with van der Waals surface area (Å²) in [5, 5.41) is 7.49. The van der Waals surface area contributed by atoms with Crippen LogP contribution in [0.4, 0.5) is 5.69 Å². The summed E-state index contributed by atoms with van der Waals surface area (Å²) >= 11 is 0. The number of nitrogens with one attached hydrogen (secondary N) is 1. The highest BCUT2D eigenvalue weighted by atomic mass is 16.1. The Hall–Kier alpha value is -3.74. The average Bonchev–Trinajstić information content (AvgIpc) is 3.09. The summed E-state index contributed by atoms with van der Waals surface area (Å²) in [6, 6.07) is 17.3. The molecule has 7 nitrogen and oxygen atoms in total. The van der Waals surface area contributed by atoms with E-state index in [-0.39, 0.29) is 24.3 Å². The SMILES string of the molecule is CCn1c(=O)c(CCC(=O)Nc2ccccc2)nc2c(C)nn(-c3ccc(C)cc3)c21. The number of aromatic nitrogens is 4. The maximum Gasteiger partial charge on any atom is 0.273 e. The smallest absolute Gasteiger partial charge is 0.273 e. The molecule has 4 rings (SSSR count). The van der Waals surface area contributed by atoms with Crippen molar-refractivity contribution in [2.45, 2.75) is 40.2 Å². The molecule has 0 radical (unpaired) electrons. The van der Waals surface area contributed by atoms with Crippen molar-refractivity contribution < 1.29 is 4.79 Å². The minimum atomic E-state index is -0.184. The molecule has 1 N–H and O–H groups in total. The lowest BCUT2D eigenvalue weighted by molar-refractivity contribution is -0.116. The number of carbonyl (C=O) groups is 1. The molecule has 2 heterocycles. The monoisotopic (exact) mass is 415 g/mol.